The van der Waals surface area contributed by atoms with Crippen LogP contribution in [0, 0.1) is 0 Å². The predicted molar refractivity (Wildman–Crippen MR) is 57.5 cm³/mol. The number of aromatic nitrogens is 1. The van der Waals surface area contributed by atoms with Crippen LogP contribution in [0.15, 0.2) is 34.9 Å². The highest BCUT2D eigenvalue weighted by atomic mass is 16.5. The van der Waals surface area contributed by atoms with Crippen molar-refractivity contribution >= 4 is 5.88 Å². The lowest BCUT2D eigenvalue weighted by Gasteiger charge is -2.03. The van der Waals surface area contributed by atoms with Crippen molar-refractivity contribution in [3.05, 3.63) is 30.3 Å². The van der Waals surface area contributed by atoms with E-state index in [1.165, 1.54) is 0 Å². The molecule has 0 aliphatic carbocycles. The summed E-state index contributed by atoms with van der Waals surface area (Å²) in [5, 5.41) is 3.83. The molecule has 0 amide bonds. The van der Waals surface area contributed by atoms with Gasteiger partial charge in [-0.05, 0) is 19.1 Å². The lowest BCUT2D eigenvalue weighted by molar-refractivity contribution is 0.340. The first-order chi connectivity index (χ1) is 7.29. The molecule has 0 unspecified atom stereocenters. The van der Waals surface area contributed by atoms with Crippen molar-refractivity contribution in [1.82, 2.24) is 5.16 Å². The Morgan fingerprint density at radius 2 is 2.27 bits per heavy atom. The summed E-state index contributed by atoms with van der Waals surface area (Å²) in [5.74, 6) is 1.13. The van der Waals surface area contributed by atoms with Crippen LogP contribution in [0.5, 0.6) is 5.75 Å². The van der Waals surface area contributed by atoms with Gasteiger partial charge in [-0.1, -0.05) is 17.3 Å². The number of nitrogens with two attached hydrogens (primary N) is 1. The maximum absolute atomic E-state index is 5.45. The van der Waals surface area contributed by atoms with E-state index in [2.05, 4.69) is 5.16 Å². The van der Waals surface area contributed by atoms with Crippen LogP contribution >= 0.6 is 0 Å². The first-order valence-electron chi connectivity index (χ1n) is 4.75. The molecular weight excluding hydrogens is 192 g/mol. The van der Waals surface area contributed by atoms with Crippen LogP contribution in [0.25, 0.3) is 11.3 Å². The van der Waals surface area contributed by atoms with Gasteiger partial charge >= 0.3 is 0 Å². The van der Waals surface area contributed by atoms with Crippen molar-refractivity contribution in [2.45, 2.75) is 6.92 Å². The Kier molecular flexibility index (Phi) is 2.58. The molecule has 0 saturated carbocycles. The van der Waals surface area contributed by atoms with Gasteiger partial charge in [0.05, 0.1) is 6.61 Å². The van der Waals surface area contributed by atoms with E-state index in [0.717, 1.165) is 11.3 Å². The zero-order chi connectivity index (χ0) is 10.7. The largest absolute Gasteiger partial charge is 0.494 e. The minimum atomic E-state index is 0.312. The number of anilines is 1. The van der Waals surface area contributed by atoms with Crippen LogP contribution in [-0.2, 0) is 0 Å². The van der Waals surface area contributed by atoms with E-state index in [0.29, 0.717) is 18.2 Å². The van der Waals surface area contributed by atoms with Crippen LogP contribution < -0.4 is 10.5 Å². The van der Waals surface area contributed by atoms with Crippen LogP contribution in [0.1, 0.15) is 6.92 Å². The molecule has 0 fully saturated rings. The second-order valence-corrected chi connectivity index (χ2v) is 3.08. The number of nitrogen functional groups attached to an aromatic ring is 1. The van der Waals surface area contributed by atoms with Gasteiger partial charge in [-0.25, -0.2) is 0 Å². The molecule has 1 heterocycles. The first-order valence-corrected chi connectivity index (χ1v) is 4.75. The molecule has 2 rings (SSSR count). The molecule has 0 radical (unpaired) electrons. The predicted octanol–water partition coefficient (Wildman–Crippen LogP) is 2.32. The van der Waals surface area contributed by atoms with E-state index >= 15 is 0 Å². The van der Waals surface area contributed by atoms with Crippen molar-refractivity contribution in [2.75, 3.05) is 12.3 Å². The van der Waals surface area contributed by atoms with E-state index in [9.17, 15) is 0 Å². The molecular formula is C11H12N2O2. The third-order valence-electron chi connectivity index (χ3n) is 1.97. The fraction of sp³-hybridized carbons (Fsp3) is 0.182. The Balaban J connectivity index is 2.32. The molecule has 0 saturated heterocycles. The maximum atomic E-state index is 5.45. The van der Waals surface area contributed by atoms with E-state index in [1.807, 2.05) is 31.2 Å². The van der Waals surface area contributed by atoms with E-state index in [-0.39, 0.29) is 0 Å². The molecule has 0 spiro atoms. The molecule has 0 aliphatic rings. The summed E-state index contributed by atoms with van der Waals surface area (Å²) in [4.78, 5) is 0. The second-order valence-electron chi connectivity index (χ2n) is 3.08. The summed E-state index contributed by atoms with van der Waals surface area (Å²) in [7, 11) is 0. The van der Waals surface area contributed by atoms with Gasteiger partial charge in [-0.15, -0.1) is 0 Å². The number of ether oxygens (including phenoxy) is 1. The highest BCUT2D eigenvalue weighted by molar-refractivity contribution is 5.62. The van der Waals surface area contributed by atoms with Crippen molar-refractivity contribution in [3.8, 4) is 17.0 Å². The van der Waals surface area contributed by atoms with E-state index < -0.39 is 0 Å². The van der Waals surface area contributed by atoms with Crippen molar-refractivity contribution in [2.24, 2.45) is 0 Å². The maximum Gasteiger partial charge on any atom is 0.222 e. The highest BCUT2D eigenvalue weighted by Crippen LogP contribution is 2.24. The van der Waals surface area contributed by atoms with Gasteiger partial charge in [0.1, 0.15) is 11.4 Å². The van der Waals surface area contributed by atoms with Gasteiger partial charge in [0.25, 0.3) is 0 Å². The summed E-state index contributed by atoms with van der Waals surface area (Å²) in [6.45, 7) is 2.59. The lowest BCUT2D eigenvalue weighted by atomic mass is 10.1. The van der Waals surface area contributed by atoms with Gasteiger partial charge in [0.15, 0.2) is 0 Å². The number of hydrogen-bond acceptors (Lipinski definition) is 4. The average Bonchev–Trinajstić information content (AvgIpc) is 2.66. The van der Waals surface area contributed by atoms with Crippen molar-refractivity contribution < 1.29 is 9.26 Å². The number of nitrogens with zero attached hydrogens (tertiary/aromatic N) is 1. The molecule has 0 aliphatic heterocycles. The quantitative estimate of drug-likeness (QED) is 0.833. The SMILES string of the molecule is CCOc1cccc(-c2cc(N)on2)c1. The Bertz CT molecular complexity index is 451. The summed E-state index contributed by atoms with van der Waals surface area (Å²) in [6.07, 6.45) is 0. The lowest BCUT2D eigenvalue weighted by Crippen LogP contribution is -1.91. The fourth-order valence-corrected chi connectivity index (χ4v) is 1.34. The van der Waals surface area contributed by atoms with Crippen LogP contribution in [-0.4, -0.2) is 11.8 Å². The zero-order valence-electron chi connectivity index (χ0n) is 8.43. The normalized spacial score (nSPS) is 10.2. The van der Waals surface area contributed by atoms with Gasteiger partial charge in [0.2, 0.25) is 5.88 Å². The average molecular weight is 204 g/mol. The summed E-state index contributed by atoms with van der Waals surface area (Å²) < 4.78 is 10.2. The first kappa shape index (κ1) is 9.58. The Hall–Kier alpha value is -1.97. The standard InChI is InChI=1S/C11H12N2O2/c1-2-14-9-5-3-4-8(6-9)10-7-11(12)15-13-10/h3-7H,2,12H2,1H3. The molecule has 4 nitrogen and oxygen atoms in total. The molecule has 1 aromatic carbocycles. The fourth-order valence-electron chi connectivity index (χ4n) is 1.34. The summed E-state index contributed by atoms with van der Waals surface area (Å²) in [5.41, 5.74) is 7.10. The topological polar surface area (TPSA) is 61.3 Å². The van der Waals surface area contributed by atoms with Gasteiger partial charge in [-0.3, -0.25) is 0 Å². The monoisotopic (exact) mass is 204 g/mol. The molecule has 2 aromatic rings. The van der Waals surface area contributed by atoms with Gasteiger partial charge in [-0.2, -0.15) is 0 Å². The number of hydrogen-bond donors (Lipinski definition) is 1. The number of rotatable bonds is 3. The molecule has 2 N–H and O–H groups in total. The molecule has 0 atom stereocenters. The molecule has 78 valence electrons. The third-order valence-corrected chi connectivity index (χ3v) is 1.97. The Morgan fingerprint density at radius 3 is 2.93 bits per heavy atom. The van der Waals surface area contributed by atoms with Crippen molar-refractivity contribution in [1.29, 1.82) is 0 Å². The van der Waals surface area contributed by atoms with Gasteiger partial charge in [0, 0.05) is 11.6 Å². The molecule has 4 heteroatoms. The summed E-state index contributed by atoms with van der Waals surface area (Å²) in [6, 6.07) is 9.33. The van der Waals surface area contributed by atoms with Crippen molar-refractivity contribution in [3.63, 3.8) is 0 Å². The molecule has 15 heavy (non-hydrogen) atoms. The highest BCUT2D eigenvalue weighted by Gasteiger charge is 2.04. The minimum absolute atomic E-state index is 0.312. The Labute approximate surface area is 87.6 Å². The zero-order valence-corrected chi connectivity index (χ0v) is 8.43. The van der Waals surface area contributed by atoms with Crippen LogP contribution in [0.4, 0.5) is 5.88 Å². The van der Waals surface area contributed by atoms with Crippen LogP contribution in [0.3, 0.4) is 0 Å². The van der Waals surface area contributed by atoms with E-state index in [1.54, 1.807) is 6.07 Å². The van der Waals surface area contributed by atoms with E-state index in [4.69, 9.17) is 15.0 Å². The molecule has 0 bridgehead atoms. The smallest absolute Gasteiger partial charge is 0.222 e. The van der Waals surface area contributed by atoms with Crippen LogP contribution in [0.2, 0.25) is 0 Å². The minimum Gasteiger partial charge on any atom is -0.494 e. The third kappa shape index (κ3) is 2.10. The number of benzene rings is 1. The van der Waals surface area contributed by atoms with Gasteiger partial charge < -0.3 is 15.0 Å². The second kappa shape index (κ2) is 4.04. The summed E-state index contributed by atoms with van der Waals surface area (Å²) >= 11 is 0. The Morgan fingerprint density at radius 1 is 1.40 bits per heavy atom. The molecule has 1 aromatic heterocycles.